The van der Waals surface area contributed by atoms with E-state index in [1.54, 1.807) is 24.1 Å². The minimum atomic E-state index is -2.87. The molecule has 0 spiro atoms. The molecule has 0 radical (unpaired) electrons. The lowest BCUT2D eigenvalue weighted by atomic mass is 9.81. The number of alkyl halides is 2. The number of aromatic nitrogens is 7. The van der Waals surface area contributed by atoms with Gasteiger partial charge in [-0.15, -0.1) is 0 Å². The Morgan fingerprint density at radius 3 is 2.59 bits per heavy atom. The second-order valence-electron chi connectivity index (χ2n) is 17.5. The van der Waals surface area contributed by atoms with Gasteiger partial charge in [0.05, 0.1) is 59.8 Å². The summed E-state index contributed by atoms with van der Waals surface area (Å²) < 4.78 is 40.5. The number of benzene rings is 1. The minimum absolute atomic E-state index is 0.0101. The van der Waals surface area contributed by atoms with Gasteiger partial charge in [-0.1, -0.05) is 17.9 Å². The number of hydrogen-bond acceptors (Lipinski definition) is 11. The summed E-state index contributed by atoms with van der Waals surface area (Å²) in [6.07, 6.45) is 6.86. The van der Waals surface area contributed by atoms with Crippen molar-refractivity contribution in [2.75, 3.05) is 56.1 Å². The van der Waals surface area contributed by atoms with Gasteiger partial charge in [-0.25, -0.2) is 23.1 Å². The monoisotopic (exact) mass is 864 g/mol. The molecule has 4 saturated heterocycles. The highest BCUT2D eigenvalue weighted by Gasteiger charge is 2.40. The van der Waals surface area contributed by atoms with Crippen LogP contribution in [0.25, 0.3) is 16.7 Å². The molecule has 63 heavy (non-hydrogen) atoms. The summed E-state index contributed by atoms with van der Waals surface area (Å²) in [5.41, 5.74) is 1.74. The molecule has 330 valence electrons. The summed E-state index contributed by atoms with van der Waals surface area (Å²) in [5.74, 6) is 6.40. The highest BCUT2D eigenvalue weighted by molar-refractivity contribution is 6.08. The van der Waals surface area contributed by atoms with E-state index in [0.717, 1.165) is 70.6 Å². The molecule has 4 aliphatic heterocycles. The summed E-state index contributed by atoms with van der Waals surface area (Å²) in [6, 6.07) is 7.17. The lowest BCUT2D eigenvalue weighted by molar-refractivity contribution is -0.135. The molecular formula is C44H50F2N12O5. The number of morpholine rings is 1. The molecule has 1 saturated carbocycles. The average molecular weight is 865 g/mol. The molecule has 3 amide bonds. The quantitative estimate of drug-likeness (QED) is 0.164. The number of nitrogens with one attached hydrogen (secondary N) is 2. The van der Waals surface area contributed by atoms with E-state index in [9.17, 15) is 28.0 Å². The molecule has 5 aliphatic rings. The number of rotatable bonds is 9. The number of para-hydroxylation sites is 1. The number of anilines is 2. The van der Waals surface area contributed by atoms with E-state index < -0.39 is 30.0 Å². The molecule has 4 atom stereocenters. The summed E-state index contributed by atoms with van der Waals surface area (Å²) in [4.78, 5) is 63.0. The van der Waals surface area contributed by atoms with Crippen molar-refractivity contribution in [2.45, 2.75) is 88.6 Å². The molecule has 17 nitrogen and oxygen atoms in total. The van der Waals surface area contributed by atoms with Gasteiger partial charge < -0.3 is 15.0 Å². The number of carbonyl (C=O) groups excluding carboxylic acids is 3. The largest absolute Gasteiger partial charge is 0.374 e. The first-order valence-corrected chi connectivity index (χ1v) is 21.9. The fourth-order valence-electron chi connectivity index (χ4n) is 10.4. The first-order valence-electron chi connectivity index (χ1n) is 21.9. The number of piperidine rings is 1. The molecule has 2 N–H and O–H groups in total. The van der Waals surface area contributed by atoms with Crippen LogP contribution in [0.4, 0.5) is 20.3 Å². The van der Waals surface area contributed by atoms with E-state index in [-0.39, 0.29) is 53.9 Å². The Balaban J connectivity index is 0.731. The Hall–Kier alpha value is -5.97. The van der Waals surface area contributed by atoms with E-state index in [4.69, 9.17) is 9.72 Å². The number of ether oxygens (including phenoxy) is 1. The molecule has 5 aromatic rings. The lowest BCUT2D eigenvalue weighted by Gasteiger charge is -2.42. The predicted molar refractivity (Wildman–Crippen MR) is 228 cm³/mol. The van der Waals surface area contributed by atoms with Gasteiger partial charge in [-0.05, 0) is 69.6 Å². The van der Waals surface area contributed by atoms with Crippen LogP contribution in [0.1, 0.15) is 92.0 Å². The molecule has 1 aromatic carbocycles. The van der Waals surface area contributed by atoms with Crippen LogP contribution in [0.2, 0.25) is 0 Å². The van der Waals surface area contributed by atoms with E-state index >= 15 is 0 Å². The zero-order valence-corrected chi connectivity index (χ0v) is 35.3. The molecule has 4 aromatic heterocycles. The third-order valence-corrected chi connectivity index (χ3v) is 13.9. The highest BCUT2D eigenvalue weighted by Crippen LogP contribution is 2.38. The maximum Gasteiger partial charge on any atom is 0.329 e. The second-order valence-corrected chi connectivity index (χ2v) is 17.5. The summed E-state index contributed by atoms with van der Waals surface area (Å²) in [6.45, 7) is 7.76. The second kappa shape index (κ2) is 16.6. The Morgan fingerprint density at radius 2 is 1.86 bits per heavy atom. The van der Waals surface area contributed by atoms with Crippen LogP contribution in [-0.4, -0.2) is 125 Å². The lowest BCUT2D eigenvalue weighted by Crippen LogP contribution is -2.51. The maximum absolute atomic E-state index is 14.3. The normalized spacial score (nSPS) is 24.9. The van der Waals surface area contributed by atoms with Gasteiger partial charge in [0.25, 0.3) is 12.3 Å². The maximum atomic E-state index is 14.3. The molecule has 2 unspecified atom stereocenters. The van der Waals surface area contributed by atoms with Crippen LogP contribution >= 0.6 is 0 Å². The highest BCUT2D eigenvalue weighted by atomic mass is 19.3. The number of carbonyl (C=O) groups is 3. The van der Waals surface area contributed by atoms with Crippen molar-refractivity contribution in [3.8, 4) is 11.8 Å². The van der Waals surface area contributed by atoms with Crippen LogP contribution in [-0.2, 0) is 21.4 Å². The summed E-state index contributed by atoms with van der Waals surface area (Å²) in [5, 5.41) is 13.6. The van der Waals surface area contributed by atoms with E-state index in [1.807, 2.05) is 24.3 Å². The number of amides is 3. The number of fused-ring (bicyclic) bond motifs is 4. The summed E-state index contributed by atoms with van der Waals surface area (Å²) >= 11 is 0. The van der Waals surface area contributed by atoms with Gasteiger partial charge in [-0.2, -0.15) is 10.2 Å². The number of aryl methyl sites for hydroxylation is 1. The van der Waals surface area contributed by atoms with Crippen molar-refractivity contribution in [2.24, 2.45) is 13.0 Å². The molecule has 19 heteroatoms. The Labute approximate surface area is 361 Å². The standard InChI is InChI=1S/C44H50F2N12O5/c1-26(54-19-17-53(18-20-54)15-4-6-28-5-3-7-34-39(28)52(2)44(62)58(34)35-12-13-37(59)50-43(35)61)27-8-10-29(11-9-27)57-24-33(38(51-57)40(45)46)48-42(60)32-22-47-56-16-14-36(49-41(32)56)55-23-31-21-30(55)25-63-31/h3,5,7,14,16,22,24,26-27,29-31,35,40H,8-13,15,17-21,23,25H2,1-2H3,(H,48,60)(H,50,59,61)/t26?,27?,29?,30-,31-,35?/m1/s1. The fraction of sp³-hybridized carbons (Fsp3) is 0.523. The molecule has 5 fully saturated rings. The minimum Gasteiger partial charge on any atom is -0.374 e. The fourth-order valence-corrected chi connectivity index (χ4v) is 10.4. The van der Waals surface area contributed by atoms with Crippen molar-refractivity contribution in [3.05, 3.63) is 70.2 Å². The molecule has 2 bridgehead atoms. The molecule has 8 heterocycles. The first-order chi connectivity index (χ1) is 30.5. The van der Waals surface area contributed by atoms with E-state index in [1.165, 1.54) is 19.8 Å². The topological polar surface area (TPSA) is 169 Å². The van der Waals surface area contributed by atoms with Gasteiger partial charge in [0.2, 0.25) is 11.8 Å². The van der Waals surface area contributed by atoms with Crippen molar-refractivity contribution in [1.29, 1.82) is 0 Å². The van der Waals surface area contributed by atoms with Crippen LogP contribution in [0.3, 0.4) is 0 Å². The van der Waals surface area contributed by atoms with E-state index in [0.29, 0.717) is 47.4 Å². The van der Waals surface area contributed by atoms with Crippen LogP contribution < -0.4 is 21.2 Å². The van der Waals surface area contributed by atoms with Gasteiger partial charge in [-0.3, -0.25) is 43.3 Å². The van der Waals surface area contributed by atoms with Crippen molar-refractivity contribution >= 4 is 45.9 Å². The average Bonchev–Trinajstić information content (AvgIpc) is 4.14. The van der Waals surface area contributed by atoms with Crippen molar-refractivity contribution in [1.82, 2.24) is 48.6 Å². The zero-order chi connectivity index (χ0) is 43.5. The molecule has 10 rings (SSSR count). The Morgan fingerprint density at radius 1 is 1.05 bits per heavy atom. The van der Waals surface area contributed by atoms with Gasteiger partial charge >= 0.3 is 5.69 Å². The van der Waals surface area contributed by atoms with Crippen LogP contribution in [0.15, 0.2) is 47.7 Å². The zero-order valence-electron chi connectivity index (χ0n) is 35.3. The Kier molecular flexibility index (Phi) is 10.8. The number of imidazole rings is 1. The van der Waals surface area contributed by atoms with Crippen molar-refractivity contribution < 1.29 is 27.9 Å². The van der Waals surface area contributed by atoms with Gasteiger partial charge in [0.15, 0.2) is 11.3 Å². The third kappa shape index (κ3) is 7.67. The van der Waals surface area contributed by atoms with Gasteiger partial charge in [0, 0.05) is 64.6 Å². The van der Waals surface area contributed by atoms with Crippen molar-refractivity contribution in [3.63, 3.8) is 0 Å². The molecular weight excluding hydrogens is 815 g/mol. The van der Waals surface area contributed by atoms with E-state index in [2.05, 4.69) is 54.3 Å². The first kappa shape index (κ1) is 41.1. The van der Waals surface area contributed by atoms with Crippen LogP contribution in [0, 0.1) is 17.8 Å². The van der Waals surface area contributed by atoms with Crippen LogP contribution in [0.5, 0.6) is 0 Å². The number of piperazine rings is 1. The number of hydrogen-bond donors (Lipinski definition) is 2. The van der Waals surface area contributed by atoms with Gasteiger partial charge in [0.1, 0.15) is 17.4 Å². The summed E-state index contributed by atoms with van der Waals surface area (Å²) in [7, 11) is 1.68. The molecule has 1 aliphatic carbocycles. The smallest absolute Gasteiger partial charge is 0.329 e. The Bertz CT molecular complexity index is 2710. The number of nitrogens with zero attached hydrogens (tertiary/aromatic N) is 10. The number of imide groups is 1. The number of halogens is 2. The third-order valence-electron chi connectivity index (χ3n) is 13.9. The SMILES string of the molecule is CC(C1CCC(n2cc(NC(=O)c3cnn4ccc(N5C[C@H]6C[C@@H]5CO6)nc34)c(C(F)F)n2)CC1)N1CCN(CC#Cc2cccc3c2n(C)c(=O)n3C2CCC(=O)NC2=O)CC1. The predicted octanol–water partition coefficient (Wildman–Crippen LogP) is 3.51.